The Kier molecular flexibility index (Phi) is 10.8. The first-order valence-electron chi connectivity index (χ1n) is 12.7. The summed E-state index contributed by atoms with van der Waals surface area (Å²) in [5.74, 6) is -0.841. The average molecular weight is 591 g/mol. The number of carbonyl (C=O) groups excluding carboxylic acids is 2. The van der Waals surface area contributed by atoms with Crippen LogP contribution in [0.1, 0.15) is 37.8 Å². The third kappa shape index (κ3) is 8.21. The normalized spacial score (nSPS) is 12.0. The van der Waals surface area contributed by atoms with Gasteiger partial charge in [-0.25, -0.2) is 8.42 Å². The summed E-state index contributed by atoms with van der Waals surface area (Å²) in [7, 11) is -4.19. The minimum absolute atomic E-state index is 0.0322. The zero-order valence-corrected chi connectivity index (χ0v) is 24.6. The van der Waals surface area contributed by atoms with E-state index in [-0.39, 0.29) is 23.0 Å². The predicted octanol–water partition coefficient (Wildman–Crippen LogP) is 5.83. The fourth-order valence-electron chi connectivity index (χ4n) is 4.02. The lowest BCUT2D eigenvalue weighted by Crippen LogP contribution is -2.51. The van der Waals surface area contributed by atoms with Crippen molar-refractivity contribution in [2.45, 2.75) is 51.1 Å². The van der Waals surface area contributed by atoms with E-state index < -0.39 is 28.5 Å². The monoisotopic (exact) mass is 589 g/mol. The summed E-state index contributed by atoms with van der Waals surface area (Å²) >= 11 is 12.2. The Bertz CT molecular complexity index is 1400. The van der Waals surface area contributed by atoms with E-state index in [0.717, 1.165) is 28.3 Å². The highest BCUT2D eigenvalue weighted by Crippen LogP contribution is 2.27. The van der Waals surface area contributed by atoms with Gasteiger partial charge in [0.1, 0.15) is 12.6 Å². The van der Waals surface area contributed by atoms with Gasteiger partial charge in [0.05, 0.1) is 10.6 Å². The number of aryl methyl sites for hydroxylation is 1. The highest BCUT2D eigenvalue weighted by Gasteiger charge is 2.32. The Hall–Kier alpha value is -3.07. The van der Waals surface area contributed by atoms with Gasteiger partial charge >= 0.3 is 0 Å². The fourth-order valence-corrected chi connectivity index (χ4v) is 5.74. The van der Waals surface area contributed by atoms with Gasteiger partial charge in [-0.05, 0) is 68.3 Å². The van der Waals surface area contributed by atoms with Crippen LogP contribution in [0.5, 0.6) is 0 Å². The SMILES string of the molecule is CCCCNC(=O)C(C)N(Cc1cccc(C)c1)C(=O)CN(c1cccc(Cl)c1)S(=O)(=O)c1ccc(Cl)cc1. The summed E-state index contributed by atoms with van der Waals surface area (Å²) in [6.07, 6.45) is 1.73. The molecule has 10 heteroatoms. The number of nitrogens with one attached hydrogen (secondary N) is 1. The number of hydrogen-bond acceptors (Lipinski definition) is 4. The summed E-state index contributed by atoms with van der Waals surface area (Å²) in [6.45, 7) is 5.69. The minimum atomic E-state index is -4.19. The van der Waals surface area contributed by atoms with Crippen molar-refractivity contribution in [2.24, 2.45) is 0 Å². The molecule has 208 valence electrons. The van der Waals surface area contributed by atoms with Crippen LogP contribution in [0.25, 0.3) is 0 Å². The molecule has 0 radical (unpaired) electrons. The van der Waals surface area contributed by atoms with Crippen LogP contribution in [0.15, 0.2) is 77.7 Å². The quantitative estimate of drug-likeness (QED) is 0.269. The Labute approximate surface area is 240 Å². The molecule has 39 heavy (non-hydrogen) atoms. The van der Waals surface area contributed by atoms with Crippen LogP contribution in [-0.2, 0) is 26.2 Å². The van der Waals surface area contributed by atoms with Crippen LogP contribution in [0.4, 0.5) is 5.69 Å². The second-order valence-corrected chi connectivity index (χ2v) is 12.0. The Morgan fingerprint density at radius 1 is 0.949 bits per heavy atom. The van der Waals surface area contributed by atoms with Crippen molar-refractivity contribution in [3.63, 3.8) is 0 Å². The number of anilines is 1. The summed E-state index contributed by atoms with van der Waals surface area (Å²) in [5, 5.41) is 3.57. The molecule has 0 aliphatic heterocycles. The molecule has 0 spiro atoms. The number of sulfonamides is 1. The van der Waals surface area contributed by atoms with E-state index in [9.17, 15) is 18.0 Å². The summed E-state index contributed by atoms with van der Waals surface area (Å²) in [5.41, 5.74) is 2.05. The summed E-state index contributed by atoms with van der Waals surface area (Å²) < 4.78 is 28.6. The number of rotatable bonds is 12. The van der Waals surface area contributed by atoms with E-state index in [1.807, 2.05) is 38.1 Å². The van der Waals surface area contributed by atoms with E-state index in [0.29, 0.717) is 16.6 Å². The second kappa shape index (κ2) is 13.8. The number of halogens is 2. The van der Waals surface area contributed by atoms with Crippen molar-refractivity contribution >= 4 is 50.7 Å². The van der Waals surface area contributed by atoms with Crippen LogP contribution in [-0.4, -0.2) is 44.3 Å². The maximum Gasteiger partial charge on any atom is 0.264 e. The van der Waals surface area contributed by atoms with Crippen molar-refractivity contribution in [3.05, 3.63) is 94.0 Å². The van der Waals surface area contributed by atoms with Crippen LogP contribution >= 0.6 is 23.2 Å². The number of benzene rings is 3. The predicted molar refractivity (Wildman–Crippen MR) is 157 cm³/mol. The van der Waals surface area contributed by atoms with E-state index in [4.69, 9.17) is 23.2 Å². The molecule has 3 aromatic carbocycles. The molecule has 0 aliphatic rings. The first-order valence-corrected chi connectivity index (χ1v) is 14.9. The van der Waals surface area contributed by atoms with Crippen molar-refractivity contribution in [2.75, 3.05) is 17.4 Å². The molecule has 0 saturated heterocycles. The van der Waals surface area contributed by atoms with E-state index in [2.05, 4.69) is 5.32 Å². The topological polar surface area (TPSA) is 86.8 Å². The zero-order chi connectivity index (χ0) is 28.6. The molecule has 1 unspecified atom stereocenters. The molecular formula is C29H33Cl2N3O4S. The highest BCUT2D eigenvalue weighted by atomic mass is 35.5. The number of hydrogen-bond donors (Lipinski definition) is 1. The maximum absolute atomic E-state index is 13.9. The third-order valence-corrected chi connectivity index (χ3v) is 8.48. The molecule has 0 heterocycles. The Balaban J connectivity index is 2.00. The number of nitrogens with zero attached hydrogens (tertiary/aromatic N) is 2. The molecule has 1 atom stereocenters. The fraction of sp³-hybridized carbons (Fsp3) is 0.310. The lowest BCUT2D eigenvalue weighted by molar-refractivity contribution is -0.139. The lowest BCUT2D eigenvalue weighted by Gasteiger charge is -2.32. The zero-order valence-electron chi connectivity index (χ0n) is 22.2. The van der Waals surface area contributed by atoms with Gasteiger partial charge in [0.15, 0.2) is 0 Å². The van der Waals surface area contributed by atoms with Gasteiger partial charge < -0.3 is 10.2 Å². The Morgan fingerprint density at radius 2 is 1.64 bits per heavy atom. The van der Waals surface area contributed by atoms with Gasteiger partial charge in [0.25, 0.3) is 10.0 Å². The molecule has 3 aromatic rings. The molecule has 3 rings (SSSR count). The van der Waals surface area contributed by atoms with Crippen LogP contribution in [0.2, 0.25) is 10.0 Å². The number of amides is 2. The standard InChI is InChI=1S/C29H33Cl2N3O4S/c1-4-5-16-32-29(36)22(3)33(19-23-9-6-8-21(2)17-23)28(35)20-34(26-11-7-10-25(31)18-26)39(37,38)27-14-12-24(30)13-15-27/h6-15,17-18,22H,4-5,16,19-20H2,1-3H3,(H,32,36). The molecular weight excluding hydrogens is 557 g/mol. The maximum atomic E-state index is 13.9. The van der Waals surface area contributed by atoms with Crippen LogP contribution in [0, 0.1) is 6.92 Å². The highest BCUT2D eigenvalue weighted by molar-refractivity contribution is 7.92. The number of carbonyl (C=O) groups is 2. The molecule has 0 saturated carbocycles. The summed E-state index contributed by atoms with van der Waals surface area (Å²) in [6, 6.07) is 18.8. The Morgan fingerprint density at radius 3 is 2.28 bits per heavy atom. The largest absolute Gasteiger partial charge is 0.354 e. The summed E-state index contributed by atoms with van der Waals surface area (Å²) in [4.78, 5) is 28.3. The van der Waals surface area contributed by atoms with Gasteiger partial charge in [-0.2, -0.15) is 0 Å². The lowest BCUT2D eigenvalue weighted by atomic mass is 10.1. The minimum Gasteiger partial charge on any atom is -0.354 e. The molecule has 0 aliphatic carbocycles. The number of unbranched alkanes of at least 4 members (excludes halogenated alkanes) is 1. The third-order valence-electron chi connectivity index (χ3n) is 6.21. The van der Waals surface area contributed by atoms with Crippen molar-refractivity contribution < 1.29 is 18.0 Å². The molecule has 0 bridgehead atoms. The van der Waals surface area contributed by atoms with Crippen LogP contribution < -0.4 is 9.62 Å². The molecule has 2 amide bonds. The first kappa shape index (κ1) is 30.5. The molecule has 1 N–H and O–H groups in total. The van der Waals surface area contributed by atoms with Gasteiger partial charge in [-0.15, -0.1) is 0 Å². The van der Waals surface area contributed by atoms with Gasteiger partial charge in [-0.1, -0.05) is 72.4 Å². The smallest absolute Gasteiger partial charge is 0.264 e. The molecule has 0 aromatic heterocycles. The van der Waals surface area contributed by atoms with Crippen molar-refractivity contribution in [3.8, 4) is 0 Å². The average Bonchev–Trinajstić information content (AvgIpc) is 2.90. The first-order chi connectivity index (χ1) is 18.5. The van der Waals surface area contributed by atoms with Crippen LogP contribution in [0.3, 0.4) is 0 Å². The van der Waals surface area contributed by atoms with E-state index in [1.165, 1.54) is 35.2 Å². The van der Waals surface area contributed by atoms with Crippen molar-refractivity contribution in [1.29, 1.82) is 0 Å². The van der Waals surface area contributed by atoms with E-state index >= 15 is 0 Å². The van der Waals surface area contributed by atoms with Crippen molar-refractivity contribution in [1.82, 2.24) is 10.2 Å². The van der Waals surface area contributed by atoms with Gasteiger partial charge in [0, 0.05) is 23.1 Å². The van der Waals surface area contributed by atoms with Gasteiger partial charge in [0.2, 0.25) is 11.8 Å². The van der Waals surface area contributed by atoms with E-state index in [1.54, 1.807) is 25.1 Å². The molecule has 0 fully saturated rings. The molecule has 7 nitrogen and oxygen atoms in total. The van der Waals surface area contributed by atoms with Gasteiger partial charge in [-0.3, -0.25) is 13.9 Å². The second-order valence-electron chi connectivity index (χ2n) is 9.28.